The molecular weight excluding hydrogens is 192 g/mol. The Hall–Kier alpha value is -1.06. The number of hydrogen-bond donors (Lipinski definition) is 1. The van der Waals surface area contributed by atoms with Gasteiger partial charge < -0.3 is 4.74 Å². The van der Waals surface area contributed by atoms with Crippen molar-refractivity contribution in [1.82, 2.24) is 0 Å². The van der Waals surface area contributed by atoms with Crippen LogP contribution in [-0.2, 0) is 4.89 Å². The molecule has 0 aromatic heterocycles. The first-order valence-electron chi connectivity index (χ1n) is 5.22. The third-order valence-corrected chi connectivity index (χ3v) is 2.27. The summed E-state index contributed by atoms with van der Waals surface area (Å²) in [6.07, 6.45) is 2.71. The molecule has 0 spiro atoms. The first-order valence-corrected chi connectivity index (χ1v) is 5.22. The summed E-state index contributed by atoms with van der Waals surface area (Å²) in [5.74, 6) is 1.81. The molecule has 0 atom stereocenters. The molecule has 0 amide bonds. The van der Waals surface area contributed by atoms with E-state index in [0.29, 0.717) is 6.61 Å². The van der Waals surface area contributed by atoms with Gasteiger partial charge >= 0.3 is 0 Å². The molecule has 0 aliphatic heterocycles. The zero-order chi connectivity index (χ0) is 11.1. The Labute approximate surface area is 90.6 Å². The van der Waals surface area contributed by atoms with Crippen LogP contribution in [0.1, 0.15) is 31.2 Å². The molecule has 1 saturated carbocycles. The van der Waals surface area contributed by atoms with Gasteiger partial charge in [0.1, 0.15) is 5.75 Å². The summed E-state index contributed by atoms with van der Waals surface area (Å²) in [7, 11) is 1.71. The maximum absolute atomic E-state index is 7.38. The predicted molar refractivity (Wildman–Crippen MR) is 59.2 cm³/mol. The molecule has 1 fully saturated rings. The predicted octanol–water partition coefficient (Wildman–Crippen LogP) is 3.07. The molecule has 1 aliphatic carbocycles. The molecule has 0 radical (unpaired) electrons. The van der Waals surface area contributed by atoms with Gasteiger partial charge in [0.25, 0.3) is 0 Å². The molecule has 84 valence electrons. The van der Waals surface area contributed by atoms with Gasteiger partial charge in [-0.1, -0.05) is 12.1 Å². The monoisotopic (exact) mass is 210 g/mol. The molecule has 2 rings (SSSR count). The van der Waals surface area contributed by atoms with Crippen molar-refractivity contribution in [3.05, 3.63) is 29.8 Å². The van der Waals surface area contributed by atoms with E-state index in [4.69, 9.17) is 9.99 Å². The number of rotatable bonds is 3. The van der Waals surface area contributed by atoms with Gasteiger partial charge in [-0.25, -0.2) is 4.89 Å². The molecule has 0 bridgehead atoms. The normalized spacial score (nSPS) is 14.1. The standard InChI is InChI=1S/C10H12O.C2H6O2/c1-11-10-4-2-3-9(7-10)8-5-6-8;1-2-4-3/h2-4,7-8H,5-6H2,1H3;3H,2H2,1H3. The number of benzene rings is 1. The summed E-state index contributed by atoms with van der Waals surface area (Å²) in [4.78, 5) is 3.54. The molecule has 1 aromatic rings. The van der Waals surface area contributed by atoms with E-state index in [9.17, 15) is 0 Å². The summed E-state index contributed by atoms with van der Waals surface area (Å²) in [5.41, 5.74) is 1.43. The van der Waals surface area contributed by atoms with Crippen LogP contribution in [0.4, 0.5) is 0 Å². The molecule has 15 heavy (non-hydrogen) atoms. The Morgan fingerprint density at radius 2 is 2.07 bits per heavy atom. The lowest BCUT2D eigenvalue weighted by Gasteiger charge is -2.01. The fourth-order valence-electron chi connectivity index (χ4n) is 1.31. The van der Waals surface area contributed by atoms with Gasteiger partial charge in [-0.3, -0.25) is 5.26 Å². The lowest BCUT2D eigenvalue weighted by atomic mass is 10.1. The van der Waals surface area contributed by atoms with Crippen molar-refractivity contribution in [1.29, 1.82) is 0 Å². The van der Waals surface area contributed by atoms with E-state index in [0.717, 1.165) is 11.7 Å². The van der Waals surface area contributed by atoms with Crippen molar-refractivity contribution in [3.63, 3.8) is 0 Å². The van der Waals surface area contributed by atoms with E-state index in [1.807, 2.05) is 6.07 Å². The second kappa shape index (κ2) is 6.43. The minimum atomic E-state index is 0.375. The summed E-state index contributed by atoms with van der Waals surface area (Å²) in [6.45, 7) is 2.08. The van der Waals surface area contributed by atoms with Crippen LogP contribution in [0, 0.1) is 0 Å². The van der Waals surface area contributed by atoms with Gasteiger partial charge in [0.2, 0.25) is 0 Å². The van der Waals surface area contributed by atoms with E-state index in [-0.39, 0.29) is 0 Å². The first-order chi connectivity index (χ1) is 7.31. The molecule has 0 heterocycles. The van der Waals surface area contributed by atoms with Crippen molar-refractivity contribution < 1.29 is 14.9 Å². The quantitative estimate of drug-likeness (QED) is 0.615. The van der Waals surface area contributed by atoms with Crippen molar-refractivity contribution in [2.24, 2.45) is 0 Å². The maximum Gasteiger partial charge on any atom is 0.119 e. The van der Waals surface area contributed by atoms with E-state index in [1.54, 1.807) is 14.0 Å². The Balaban J connectivity index is 0.000000245. The minimum Gasteiger partial charge on any atom is -0.497 e. The number of hydrogen-bond acceptors (Lipinski definition) is 3. The summed E-state index contributed by atoms with van der Waals surface area (Å²) in [6, 6.07) is 8.37. The smallest absolute Gasteiger partial charge is 0.119 e. The molecule has 1 N–H and O–H groups in total. The van der Waals surface area contributed by atoms with Crippen molar-refractivity contribution >= 4 is 0 Å². The Kier molecular flexibility index (Phi) is 5.15. The third kappa shape index (κ3) is 4.32. The lowest BCUT2D eigenvalue weighted by molar-refractivity contribution is -0.237. The average molecular weight is 210 g/mol. The highest BCUT2D eigenvalue weighted by atomic mass is 17.1. The van der Waals surface area contributed by atoms with Crippen LogP contribution in [0.5, 0.6) is 5.75 Å². The van der Waals surface area contributed by atoms with Crippen molar-refractivity contribution in [2.45, 2.75) is 25.7 Å². The summed E-state index contributed by atoms with van der Waals surface area (Å²) < 4.78 is 5.13. The van der Waals surface area contributed by atoms with Crippen LogP contribution in [0.3, 0.4) is 0 Å². The van der Waals surface area contributed by atoms with Crippen LogP contribution in [0.2, 0.25) is 0 Å². The molecule has 1 aliphatic rings. The second-order valence-electron chi connectivity index (χ2n) is 3.47. The highest BCUT2D eigenvalue weighted by molar-refractivity contribution is 5.32. The van der Waals surface area contributed by atoms with Crippen molar-refractivity contribution in [3.8, 4) is 5.75 Å². The topological polar surface area (TPSA) is 38.7 Å². The van der Waals surface area contributed by atoms with Crippen LogP contribution in [0.15, 0.2) is 24.3 Å². The van der Waals surface area contributed by atoms with Gasteiger partial charge in [-0.2, -0.15) is 0 Å². The zero-order valence-corrected chi connectivity index (χ0v) is 9.27. The average Bonchev–Trinajstić information content (AvgIpc) is 3.13. The third-order valence-electron chi connectivity index (χ3n) is 2.27. The second-order valence-corrected chi connectivity index (χ2v) is 3.47. The van der Waals surface area contributed by atoms with E-state index in [1.165, 1.54) is 18.4 Å². The molecule has 0 saturated heterocycles. The summed E-state index contributed by atoms with van der Waals surface area (Å²) >= 11 is 0. The Morgan fingerprint density at radius 3 is 2.53 bits per heavy atom. The Bertz CT molecular complexity index is 280. The van der Waals surface area contributed by atoms with Crippen LogP contribution >= 0.6 is 0 Å². The van der Waals surface area contributed by atoms with Gasteiger partial charge in [0, 0.05) is 0 Å². The van der Waals surface area contributed by atoms with Crippen LogP contribution < -0.4 is 4.74 Å². The lowest BCUT2D eigenvalue weighted by Crippen LogP contribution is -1.84. The maximum atomic E-state index is 7.38. The van der Waals surface area contributed by atoms with Gasteiger partial charge in [-0.15, -0.1) is 0 Å². The first kappa shape index (κ1) is 12.0. The molecule has 1 aromatic carbocycles. The van der Waals surface area contributed by atoms with Crippen LogP contribution in [0.25, 0.3) is 0 Å². The molecule has 0 unspecified atom stereocenters. The minimum absolute atomic E-state index is 0.375. The van der Waals surface area contributed by atoms with Gasteiger partial charge in [-0.05, 0) is 43.4 Å². The Morgan fingerprint density at radius 1 is 1.40 bits per heavy atom. The fraction of sp³-hybridized carbons (Fsp3) is 0.500. The van der Waals surface area contributed by atoms with E-state index < -0.39 is 0 Å². The van der Waals surface area contributed by atoms with Crippen LogP contribution in [-0.4, -0.2) is 19.0 Å². The number of methoxy groups -OCH3 is 1. The summed E-state index contributed by atoms with van der Waals surface area (Å²) in [5, 5.41) is 7.38. The fourth-order valence-corrected chi connectivity index (χ4v) is 1.31. The highest BCUT2D eigenvalue weighted by Gasteiger charge is 2.23. The van der Waals surface area contributed by atoms with Gasteiger partial charge in [0.15, 0.2) is 0 Å². The van der Waals surface area contributed by atoms with Crippen molar-refractivity contribution in [2.75, 3.05) is 13.7 Å². The van der Waals surface area contributed by atoms with E-state index in [2.05, 4.69) is 23.1 Å². The molecular formula is C12H18O3. The van der Waals surface area contributed by atoms with E-state index >= 15 is 0 Å². The SMILES string of the molecule is CCOO.COc1cccc(C2CC2)c1. The number of ether oxygens (including phenoxy) is 1. The molecule has 3 nitrogen and oxygen atoms in total. The zero-order valence-electron chi connectivity index (χ0n) is 9.27. The largest absolute Gasteiger partial charge is 0.497 e. The van der Waals surface area contributed by atoms with Gasteiger partial charge in [0.05, 0.1) is 13.7 Å². The molecule has 3 heteroatoms. The highest BCUT2D eigenvalue weighted by Crippen LogP contribution is 2.40.